The maximum atomic E-state index is 9.75. The van der Waals surface area contributed by atoms with E-state index >= 15 is 0 Å². The Labute approximate surface area is 123 Å². The van der Waals surface area contributed by atoms with Gasteiger partial charge in [-0.1, -0.05) is 6.42 Å². The fourth-order valence-electron chi connectivity index (χ4n) is 2.90. The molecule has 3 rings (SSSR count). The van der Waals surface area contributed by atoms with Crippen molar-refractivity contribution in [1.82, 2.24) is 20.2 Å². The van der Waals surface area contributed by atoms with E-state index in [-0.39, 0.29) is 6.10 Å². The van der Waals surface area contributed by atoms with E-state index in [1.807, 2.05) is 6.92 Å². The molecule has 2 heterocycles. The molecule has 2 unspecified atom stereocenters. The predicted octanol–water partition coefficient (Wildman–Crippen LogP) is 1.75. The fraction of sp³-hybridized carbons (Fsp3) is 0.643. The van der Waals surface area contributed by atoms with Gasteiger partial charge in [-0.15, -0.1) is 0 Å². The van der Waals surface area contributed by atoms with Crippen molar-refractivity contribution in [3.63, 3.8) is 0 Å². The van der Waals surface area contributed by atoms with Crippen LogP contribution in [-0.4, -0.2) is 44.5 Å². The Morgan fingerprint density at radius 3 is 3.05 bits per heavy atom. The van der Waals surface area contributed by atoms with Crippen molar-refractivity contribution < 1.29 is 5.11 Å². The first kappa shape index (κ1) is 14.1. The highest BCUT2D eigenvalue weighted by atomic mass is 16.3. The summed E-state index contributed by atoms with van der Waals surface area (Å²) in [5.74, 6) is 1.89. The molecule has 0 spiro atoms. The van der Waals surface area contributed by atoms with Crippen molar-refractivity contribution in [3.8, 4) is 0 Å². The van der Waals surface area contributed by atoms with Crippen LogP contribution in [0.1, 0.15) is 32.6 Å². The second-order valence-electron chi connectivity index (χ2n) is 5.63. The number of aromatic amines is 1. The van der Waals surface area contributed by atoms with Crippen molar-refractivity contribution in [2.45, 2.75) is 38.7 Å². The van der Waals surface area contributed by atoms with Crippen LogP contribution in [-0.2, 0) is 0 Å². The number of hydrogen-bond acceptors (Lipinski definition) is 6. The van der Waals surface area contributed by atoms with Gasteiger partial charge in [0.15, 0.2) is 5.65 Å². The van der Waals surface area contributed by atoms with Crippen LogP contribution < -0.4 is 10.6 Å². The van der Waals surface area contributed by atoms with Crippen LogP contribution >= 0.6 is 0 Å². The molecule has 1 aliphatic carbocycles. The Morgan fingerprint density at radius 2 is 2.24 bits per heavy atom. The minimum Gasteiger partial charge on any atom is -0.393 e. The lowest BCUT2D eigenvalue weighted by molar-refractivity contribution is 0.104. The highest BCUT2D eigenvalue weighted by Gasteiger charge is 2.20. The van der Waals surface area contributed by atoms with Gasteiger partial charge in [-0.2, -0.15) is 15.1 Å². The molecule has 0 radical (unpaired) electrons. The molecular weight excluding hydrogens is 268 g/mol. The van der Waals surface area contributed by atoms with Gasteiger partial charge < -0.3 is 15.7 Å². The average molecular weight is 290 g/mol. The van der Waals surface area contributed by atoms with Crippen LogP contribution in [0.5, 0.6) is 0 Å². The maximum absolute atomic E-state index is 9.75. The van der Waals surface area contributed by atoms with Gasteiger partial charge in [-0.25, -0.2) is 0 Å². The number of hydrogen-bond donors (Lipinski definition) is 4. The minimum atomic E-state index is -0.151. The molecule has 0 aliphatic heterocycles. The van der Waals surface area contributed by atoms with Crippen molar-refractivity contribution >= 4 is 22.8 Å². The van der Waals surface area contributed by atoms with Gasteiger partial charge in [0.25, 0.3) is 0 Å². The van der Waals surface area contributed by atoms with Gasteiger partial charge in [0.1, 0.15) is 5.82 Å². The van der Waals surface area contributed by atoms with Crippen molar-refractivity contribution in [2.24, 2.45) is 5.92 Å². The predicted molar refractivity (Wildman–Crippen MR) is 82.3 cm³/mol. The lowest BCUT2D eigenvalue weighted by Gasteiger charge is -2.26. The third-order valence-corrected chi connectivity index (χ3v) is 3.96. The molecule has 2 aromatic heterocycles. The number of nitrogens with zero attached hydrogens (tertiary/aromatic N) is 3. The van der Waals surface area contributed by atoms with Crippen molar-refractivity contribution in [3.05, 3.63) is 6.20 Å². The lowest BCUT2D eigenvalue weighted by Crippen LogP contribution is -2.25. The highest BCUT2D eigenvalue weighted by molar-refractivity contribution is 5.86. The Morgan fingerprint density at radius 1 is 1.33 bits per heavy atom. The van der Waals surface area contributed by atoms with E-state index in [0.717, 1.165) is 55.6 Å². The summed E-state index contributed by atoms with van der Waals surface area (Å²) >= 11 is 0. The fourth-order valence-corrected chi connectivity index (χ4v) is 2.90. The van der Waals surface area contributed by atoms with Gasteiger partial charge >= 0.3 is 0 Å². The SMILES string of the molecule is CCNc1nc(NCC2CCCC(O)C2)c2cn[nH]c2n1. The normalized spacial score (nSPS) is 22.4. The zero-order chi connectivity index (χ0) is 14.7. The third-order valence-electron chi connectivity index (χ3n) is 3.96. The molecule has 0 aromatic carbocycles. The number of H-pyrrole nitrogens is 1. The van der Waals surface area contributed by atoms with Crippen LogP contribution in [0.25, 0.3) is 11.0 Å². The molecule has 1 aliphatic rings. The molecule has 2 aromatic rings. The Balaban J connectivity index is 1.74. The van der Waals surface area contributed by atoms with E-state index in [1.165, 1.54) is 0 Å². The van der Waals surface area contributed by atoms with Crippen LogP contribution in [0, 0.1) is 5.92 Å². The van der Waals surface area contributed by atoms with E-state index < -0.39 is 0 Å². The summed E-state index contributed by atoms with van der Waals surface area (Å²) in [6.07, 6.45) is 5.64. The molecule has 114 valence electrons. The third kappa shape index (κ3) is 3.24. The monoisotopic (exact) mass is 290 g/mol. The molecule has 4 N–H and O–H groups in total. The summed E-state index contributed by atoms with van der Waals surface area (Å²) < 4.78 is 0. The van der Waals surface area contributed by atoms with Gasteiger partial charge in [-0.05, 0) is 32.1 Å². The van der Waals surface area contributed by atoms with E-state index in [2.05, 4.69) is 30.8 Å². The molecule has 7 heteroatoms. The van der Waals surface area contributed by atoms with Gasteiger partial charge in [-0.3, -0.25) is 5.10 Å². The lowest BCUT2D eigenvalue weighted by atomic mass is 9.87. The molecule has 2 atom stereocenters. The van der Waals surface area contributed by atoms with E-state index in [1.54, 1.807) is 6.20 Å². The summed E-state index contributed by atoms with van der Waals surface area (Å²) in [4.78, 5) is 8.88. The summed E-state index contributed by atoms with van der Waals surface area (Å²) in [5.41, 5.74) is 0.729. The number of rotatable bonds is 5. The molecule has 21 heavy (non-hydrogen) atoms. The summed E-state index contributed by atoms with van der Waals surface area (Å²) in [7, 11) is 0. The number of fused-ring (bicyclic) bond motifs is 1. The molecule has 7 nitrogen and oxygen atoms in total. The van der Waals surface area contributed by atoms with Crippen LogP contribution in [0.2, 0.25) is 0 Å². The van der Waals surface area contributed by atoms with Crippen LogP contribution in [0.3, 0.4) is 0 Å². The van der Waals surface area contributed by atoms with Gasteiger partial charge in [0, 0.05) is 13.1 Å². The van der Waals surface area contributed by atoms with Crippen molar-refractivity contribution in [1.29, 1.82) is 0 Å². The molecule has 1 fully saturated rings. The zero-order valence-corrected chi connectivity index (χ0v) is 12.3. The highest BCUT2D eigenvalue weighted by Crippen LogP contribution is 2.26. The number of aliphatic hydroxyl groups is 1. The molecule has 0 bridgehead atoms. The minimum absolute atomic E-state index is 0.151. The summed E-state index contributed by atoms with van der Waals surface area (Å²) in [5, 5.41) is 24.1. The average Bonchev–Trinajstić information content (AvgIpc) is 2.93. The van der Waals surface area contributed by atoms with Gasteiger partial charge in [0.05, 0.1) is 17.7 Å². The zero-order valence-electron chi connectivity index (χ0n) is 12.3. The number of anilines is 2. The standard InChI is InChI=1S/C14H22N6O/c1-2-15-14-18-12(11-8-17-20-13(11)19-14)16-7-9-4-3-5-10(21)6-9/h8-10,21H,2-7H2,1H3,(H3,15,16,17,18,19,20). The second-order valence-corrected chi connectivity index (χ2v) is 5.63. The van der Waals surface area contributed by atoms with Crippen LogP contribution in [0.15, 0.2) is 6.20 Å². The smallest absolute Gasteiger partial charge is 0.226 e. The topological polar surface area (TPSA) is 98.8 Å². The van der Waals surface area contributed by atoms with E-state index in [9.17, 15) is 5.11 Å². The van der Waals surface area contributed by atoms with E-state index in [4.69, 9.17) is 0 Å². The molecule has 1 saturated carbocycles. The summed E-state index contributed by atoms with van der Waals surface area (Å²) in [6, 6.07) is 0. The maximum Gasteiger partial charge on any atom is 0.226 e. The quantitative estimate of drug-likeness (QED) is 0.669. The Hall–Kier alpha value is -1.89. The first-order chi connectivity index (χ1) is 10.3. The number of aliphatic hydroxyl groups excluding tert-OH is 1. The molecule has 0 saturated heterocycles. The largest absolute Gasteiger partial charge is 0.393 e. The number of aromatic nitrogens is 4. The second kappa shape index (κ2) is 6.26. The van der Waals surface area contributed by atoms with Crippen molar-refractivity contribution in [2.75, 3.05) is 23.7 Å². The van der Waals surface area contributed by atoms with Crippen LogP contribution in [0.4, 0.5) is 11.8 Å². The first-order valence-corrected chi connectivity index (χ1v) is 7.63. The van der Waals surface area contributed by atoms with Gasteiger partial charge in [0.2, 0.25) is 5.95 Å². The van der Waals surface area contributed by atoms with E-state index in [0.29, 0.717) is 11.9 Å². The molecular formula is C14H22N6O. The molecule has 0 amide bonds. The Kier molecular flexibility index (Phi) is 4.19. The number of nitrogens with one attached hydrogen (secondary N) is 3. The first-order valence-electron chi connectivity index (χ1n) is 7.63. The Bertz CT molecular complexity index is 598. The summed E-state index contributed by atoms with van der Waals surface area (Å²) in [6.45, 7) is 3.60.